The molecule has 3 aromatic rings. The number of allylic oxidation sites excluding steroid dienone is 1. The molecule has 0 atom stereocenters. The molecule has 3 rings (SSSR count). The molecule has 0 spiro atoms. The summed E-state index contributed by atoms with van der Waals surface area (Å²) in [6.45, 7) is 1.39. The lowest BCUT2D eigenvalue weighted by atomic mass is 10.0. The average molecular weight is 422 g/mol. The van der Waals surface area contributed by atoms with Crippen LogP contribution in [0.15, 0.2) is 66.1 Å². The van der Waals surface area contributed by atoms with Crippen LogP contribution in [0, 0.1) is 0 Å². The summed E-state index contributed by atoms with van der Waals surface area (Å²) in [6.07, 6.45) is 9.08. The van der Waals surface area contributed by atoms with E-state index in [9.17, 15) is 0 Å². The van der Waals surface area contributed by atoms with Gasteiger partial charge >= 0.3 is 0 Å². The van der Waals surface area contributed by atoms with Crippen LogP contribution in [0.25, 0.3) is 17.0 Å². The minimum Gasteiger partial charge on any atom is -0.398 e. The Balaban J connectivity index is 1.80. The van der Waals surface area contributed by atoms with E-state index in [2.05, 4.69) is 43.3 Å². The minimum atomic E-state index is 0.567. The van der Waals surface area contributed by atoms with Gasteiger partial charge in [0.15, 0.2) is 0 Å². The molecule has 1 aromatic carbocycles. The normalized spacial score (nSPS) is 11.9. The first-order chi connectivity index (χ1) is 14.7. The lowest BCUT2D eigenvalue weighted by Gasteiger charge is -2.13. The molecule has 0 saturated heterocycles. The van der Waals surface area contributed by atoms with E-state index in [1.165, 1.54) is 0 Å². The van der Waals surface area contributed by atoms with Crippen molar-refractivity contribution in [3.8, 4) is 11.3 Å². The van der Waals surface area contributed by atoms with Crippen molar-refractivity contribution in [2.45, 2.75) is 6.54 Å². The third kappa shape index (κ3) is 6.20. The van der Waals surface area contributed by atoms with Crippen LogP contribution < -0.4 is 15.8 Å². The van der Waals surface area contributed by atoms with Gasteiger partial charge in [0.25, 0.3) is 0 Å². The van der Waals surface area contributed by atoms with Crippen molar-refractivity contribution in [1.82, 2.24) is 19.5 Å². The maximum absolute atomic E-state index is 6.43. The number of hydrogen-bond acceptors (Lipinski definition) is 7. The number of benzene rings is 1. The summed E-state index contributed by atoms with van der Waals surface area (Å²) in [6, 6.07) is 12.1. The number of hydrogen-bond donors (Lipinski definition) is 3. The lowest BCUT2D eigenvalue weighted by Crippen LogP contribution is -2.10. The van der Waals surface area contributed by atoms with Crippen molar-refractivity contribution >= 4 is 29.5 Å². The zero-order valence-electron chi connectivity index (χ0n) is 17.2. The molecule has 7 nitrogen and oxygen atoms in total. The summed E-state index contributed by atoms with van der Waals surface area (Å²) in [5.41, 5.74) is 12.0. The zero-order valence-corrected chi connectivity index (χ0v) is 18.1. The molecular weight excluding hydrogens is 394 g/mol. The third-order valence-electron chi connectivity index (χ3n) is 4.36. The molecule has 0 radical (unpaired) electrons. The molecule has 0 aliphatic heterocycles. The summed E-state index contributed by atoms with van der Waals surface area (Å²) in [4.78, 5) is 8.54. The predicted molar refractivity (Wildman–Crippen MR) is 127 cm³/mol. The number of aryl methyl sites for hydroxylation is 1. The molecule has 4 N–H and O–H groups in total. The summed E-state index contributed by atoms with van der Waals surface area (Å²) < 4.78 is 4.87. The van der Waals surface area contributed by atoms with E-state index in [4.69, 9.17) is 5.73 Å². The van der Waals surface area contributed by atoms with E-state index in [0.29, 0.717) is 12.2 Å². The first-order valence-corrected chi connectivity index (χ1v) is 10.7. The molecule has 0 aliphatic rings. The van der Waals surface area contributed by atoms with E-state index >= 15 is 0 Å². The molecular formula is C22H27N7S. The van der Waals surface area contributed by atoms with E-state index in [-0.39, 0.29) is 0 Å². The van der Waals surface area contributed by atoms with Crippen molar-refractivity contribution in [3.63, 3.8) is 0 Å². The number of aromatic nitrogens is 3. The molecule has 156 valence electrons. The summed E-state index contributed by atoms with van der Waals surface area (Å²) >= 11 is 1.66. The van der Waals surface area contributed by atoms with Gasteiger partial charge in [-0.05, 0) is 43.0 Å². The van der Waals surface area contributed by atoms with E-state index < -0.39 is 0 Å². The standard InChI is InChI=1S/C22H27N7S/c1-24-30-13-11-27-22-6-5-18(21-8-12-29(2)28-21)14-19(22)20(23)7-10-26-16-17-4-3-9-25-15-17/h3-10,12,14-15,24,27H,11,13,16,23H2,1-2H3/b20-7-,26-10?. The van der Waals surface area contributed by atoms with Crippen LogP contribution in [0.3, 0.4) is 0 Å². The maximum atomic E-state index is 6.43. The average Bonchev–Trinajstić information content (AvgIpc) is 3.21. The van der Waals surface area contributed by atoms with Crippen LogP contribution in [0.2, 0.25) is 0 Å². The molecule has 0 amide bonds. The Morgan fingerprint density at radius 1 is 1.30 bits per heavy atom. The highest BCUT2D eigenvalue weighted by molar-refractivity contribution is 7.97. The Bertz CT molecular complexity index is 996. The van der Waals surface area contributed by atoms with Crippen LogP contribution in [0.4, 0.5) is 5.69 Å². The Morgan fingerprint density at radius 3 is 2.93 bits per heavy atom. The lowest BCUT2D eigenvalue weighted by molar-refractivity contribution is 0.771. The smallest absolute Gasteiger partial charge is 0.0923 e. The molecule has 30 heavy (non-hydrogen) atoms. The Hall–Kier alpha value is -3.10. The Morgan fingerprint density at radius 2 is 2.20 bits per heavy atom. The number of aliphatic imine (C=N–C) groups is 1. The van der Waals surface area contributed by atoms with Crippen molar-refractivity contribution in [1.29, 1.82) is 0 Å². The van der Waals surface area contributed by atoms with Crippen LogP contribution in [0.1, 0.15) is 11.1 Å². The predicted octanol–water partition coefficient (Wildman–Crippen LogP) is 3.33. The highest BCUT2D eigenvalue weighted by Crippen LogP contribution is 2.27. The van der Waals surface area contributed by atoms with Gasteiger partial charge in [0.2, 0.25) is 0 Å². The largest absolute Gasteiger partial charge is 0.398 e. The van der Waals surface area contributed by atoms with E-state index in [1.54, 1.807) is 29.0 Å². The molecule has 2 aromatic heterocycles. The number of rotatable bonds is 10. The van der Waals surface area contributed by atoms with Gasteiger partial charge in [-0.15, -0.1) is 0 Å². The van der Waals surface area contributed by atoms with Gasteiger partial charge in [-0.2, -0.15) is 5.10 Å². The maximum Gasteiger partial charge on any atom is 0.0923 e. The number of nitrogens with two attached hydrogens (primary N) is 1. The first-order valence-electron chi connectivity index (χ1n) is 9.68. The molecule has 0 saturated carbocycles. The Labute approximate surface area is 181 Å². The van der Waals surface area contributed by atoms with Gasteiger partial charge in [0.1, 0.15) is 0 Å². The fourth-order valence-electron chi connectivity index (χ4n) is 2.88. The minimum absolute atomic E-state index is 0.567. The molecule has 0 aliphatic carbocycles. The highest BCUT2D eigenvalue weighted by atomic mass is 32.2. The molecule has 0 bridgehead atoms. The van der Waals surface area contributed by atoms with Gasteiger partial charge in [-0.25, -0.2) is 0 Å². The van der Waals surface area contributed by atoms with Gasteiger partial charge < -0.3 is 11.1 Å². The van der Waals surface area contributed by atoms with E-state index in [1.807, 2.05) is 50.8 Å². The van der Waals surface area contributed by atoms with Crippen LogP contribution >= 0.6 is 11.9 Å². The van der Waals surface area contributed by atoms with Crippen molar-refractivity contribution in [2.75, 3.05) is 24.7 Å². The quantitative estimate of drug-likeness (QED) is 0.264. The monoisotopic (exact) mass is 421 g/mol. The number of nitrogens with zero attached hydrogens (tertiary/aromatic N) is 4. The van der Waals surface area contributed by atoms with Crippen molar-refractivity contribution in [3.05, 3.63) is 72.2 Å². The molecule has 0 fully saturated rings. The van der Waals surface area contributed by atoms with Crippen LogP contribution in [0.5, 0.6) is 0 Å². The number of nitrogens with one attached hydrogen (secondary N) is 2. The molecule has 2 heterocycles. The van der Waals surface area contributed by atoms with Gasteiger partial charge in [-0.1, -0.05) is 24.1 Å². The summed E-state index contributed by atoms with van der Waals surface area (Å²) in [5, 5.41) is 7.97. The fraction of sp³-hybridized carbons (Fsp3) is 0.227. The summed E-state index contributed by atoms with van der Waals surface area (Å²) in [7, 11) is 3.83. The second-order valence-corrected chi connectivity index (χ2v) is 7.69. The zero-order chi connectivity index (χ0) is 21.2. The van der Waals surface area contributed by atoms with Gasteiger partial charge in [0, 0.05) is 66.7 Å². The second kappa shape index (κ2) is 11.2. The summed E-state index contributed by atoms with van der Waals surface area (Å²) in [5.74, 6) is 0.939. The highest BCUT2D eigenvalue weighted by Gasteiger charge is 2.09. The third-order valence-corrected chi connectivity index (χ3v) is 5.06. The number of pyridine rings is 1. The van der Waals surface area contributed by atoms with Crippen molar-refractivity contribution in [2.24, 2.45) is 17.8 Å². The van der Waals surface area contributed by atoms with Crippen LogP contribution in [-0.4, -0.2) is 40.3 Å². The van der Waals surface area contributed by atoms with Gasteiger partial charge in [-0.3, -0.25) is 19.4 Å². The van der Waals surface area contributed by atoms with Crippen LogP contribution in [-0.2, 0) is 13.6 Å². The molecule has 8 heteroatoms. The first kappa shape index (κ1) is 21.6. The fourth-order valence-corrected chi connectivity index (χ4v) is 3.29. The number of anilines is 1. The Kier molecular flexibility index (Phi) is 8.05. The molecule has 0 unspecified atom stereocenters. The SMILES string of the molecule is CNSCCNc1ccc(-c2ccn(C)n2)cc1/C(N)=C/C=NCc1cccnc1. The van der Waals surface area contributed by atoms with Gasteiger partial charge in [0.05, 0.1) is 12.2 Å². The second-order valence-electron chi connectivity index (χ2n) is 6.59. The topological polar surface area (TPSA) is 93.1 Å². The van der Waals surface area contributed by atoms with Crippen molar-refractivity contribution < 1.29 is 0 Å². The van der Waals surface area contributed by atoms with E-state index in [0.717, 1.165) is 40.4 Å².